The summed E-state index contributed by atoms with van der Waals surface area (Å²) in [6.45, 7) is 4.30. The van der Waals surface area contributed by atoms with Crippen LogP contribution in [0.1, 0.15) is 33.5 Å². The molecule has 0 spiro atoms. The molecule has 9 heteroatoms. The topological polar surface area (TPSA) is 98.7 Å². The van der Waals surface area contributed by atoms with E-state index in [-0.39, 0.29) is 12.4 Å². The highest BCUT2D eigenvalue weighted by atomic mass is 35.5. The molecule has 0 bridgehead atoms. The molecule has 1 amide bonds. The van der Waals surface area contributed by atoms with E-state index in [0.29, 0.717) is 17.4 Å². The van der Waals surface area contributed by atoms with Crippen LogP contribution in [0, 0.1) is 13.8 Å². The molecule has 0 aliphatic heterocycles. The van der Waals surface area contributed by atoms with Crippen LogP contribution in [-0.4, -0.2) is 30.8 Å². The van der Waals surface area contributed by atoms with Crippen LogP contribution < -0.4 is 5.32 Å². The van der Waals surface area contributed by atoms with Gasteiger partial charge in [-0.25, -0.2) is 0 Å². The van der Waals surface area contributed by atoms with Gasteiger partial charge >= 0.3 is 11.8 Å². The van der Waals surface area contributed by atoms with Crippen molar-refractivity contribution in [2.45, 2.75) is 26.9 Å². The summed E-state index contributed by atoms with van der Waals surface area (Å²) in [5.41, 5.74) is 2.46. The first-order valence-electron chi connectivity index (χ1n) is 7.24. The van der Waals surface area contributed by atoms with Crippen molar-refractivity contribution in [2.75, 3.05) is 0 Å². The second-order valence-electron chi connectivity index (χ2n) is 5.20. The number of carbonyl (C=O) groups excluding carboxylic acids is 1. The maximum Gasteiger partial charge on any atom is 0.316 e. The fourth-order valence-electron chi connectivity index (χ4n) is 2.13. The van der Waals surface area contributed by atoms with Crippen molar-refractivity contribution in [3.8, 4) is 0 Å². The number of carbonyl (C=O) groups is 1. The lowest BCUT2D eigenvalue weighted by atomic mass is 10.3. The van der Waals surface area contributed by atoms with Gasteiger partial charge in [0, 0.05) is 18.9 Å². The van der Waals surface area contributed by atoms with Crippen molar-refractivity contribution >= 4 is 17.5 Å². The third-order valence-electron chi connectivity index (χ3n) is 3.45. The average Bonchev–Trinajstić information content (AvgIpc) is 3.15. The van der Waals surface area contributed by atoms with Gasteiger partial charge in [-0.2, -0.15) is 10.1 Å². The molecule has 8 nitrogen and oxygen atoms in total. The zero-order valence-electron chi connectivity index (χ0n) is 13.2. The Kier molecular flexibility index (Phi) is 4.57. The molecule has 0 aliphatic carbocycles. The van der Waals surface area contributed by atoms with Gasteiger partial charge in [-0.15, -0.1) is 0 Å². The molecular weight excluding hydrogens is 332 g/mol. The largest absolute Gasteiger partial charge is 0.344 e. The van der Waals surface area contributed by atoms with Crippen molar-refractivity contribution in [1.82, 2.24) is 30.2 Å². The third-order valence-corrected chi connectivity index (χ3v) is 4.00. The summed E-state index contributed by atoms with van der Waals surface area (Å²) in [4.78, 5) is 20.1. The lowest BCUT2D eigenvalue weighted by molar-refractivity contribution is 0.0907. The minimum absolute atomic E-state index is 0.0910. The Balaban J connectivity index is 1.64. The van der Waals surface area contributed by atoms with E-state index in [4.69, 9.17) is 16.1 Å². The number of pyridine rings is 1. The Bertz CT molecular complexity index is 858. The van der Waals surface area contributed by atoms with Gasteiger partial charge < -0.3 is 9.84 Å². The lowest BCUT2D eigenvalue weighted by Crippen LogP contribution is -2.23. The van der Waals surface area contributed by atoms with Crippen LogP contribution in [0.25, 0.3) is 0 Å². The number of hydrogen-bond acceptors (Lipinski definition) is 6. The summed E-state index contributed by atoms with van der Waals surface area (Å²) < 4.78 is 6.67. The molecule has 0 saturated heterocycles. The number of aromatic nitrogens is 5. The van der Waals surface area contributed by atoms with Crippen LogP contribution in [0.15, 0.2) is 29.0 Å². The van der Waals surface area contributed by atoms with Gasteiger partial charge in [-0.05, 0) is 31.5 Å². The molecule has 124 valence electrons. The highest BCUT2D eigenvalue weighted by molar-refractivity contribution is 6.31. The van der Waals surface area contributed by atoms with Crippen LogP contribution >= 0.6 is 11.6 Å². The predicted octanol–water partition coefficient (Wildman–Crippen LogP) is 1.91. The molecule has 0 aromatic carbocycles. The first-order chi connectivity index (χ1) is 11.5. The van der Waals surface area contributed by atoms with Crippen LogP contribution in [0.5, 0.6) is 0 Å². The van der Waals surface area contributed by atoms with Crippen LogP contribution in [0.3, 0.4) is 0 Å². The smallest absolute Gasteiger partial charge is 0.316 e. The van der Waals surface area contributed by atoms with Gasteiger partial charge in [0.15, 0.2) is 5.82 Å². The average molecular weight is 347 g/mol. The van der Waals surface area contributed by atoms with E-state index in [9.17, 15) is 4.79 Å². The Hall–Kier alpha value is -2.74. The van der Waals surface area contributed by atoms with Gasteiger partial charge in [0.25, 0.3) is 0 Å². The summed E-state index contributed by atoms with van der Waals surface area (Å²) in [7, 11) is 0. The maximum absolute atomic E-state index is 12.0. The van der Waals surface area contributed by atoms with Gasteiger partial charge in [-0.3, -0.25) is 14.5 Å². The molecule has 0 unspecified atom stereocenters. The molecule has 3 aromatic heterocycles. The molecule has 3 rings (SSSR count). The Morgan fingerprint density at radius 3 is 2.75 bits per heavy atom. The van der Waals surface area contributed by atoms with Crippen molar-refractivity contribution < 1.29 is 9.32 Å². The predicted molar refractivity (Wildman–Crippen MR) is 85.5 cm³/mol. The lowest BCUT2D eigenvalue weighted by Gasteiger charge is -2.01. The van der Waals surface area contributed by atoms with E-state index in [1.165, 1.54) is 0 Å². The fourth-order valence-corrected chi connectivity index (χ4v) is 2.27. The van der Waals surface area contributed by atoms with Crippen LogP contribution in [0.4, 0.5) is 0 Å². The monoisotopic (exact) mass is 346 g/mol. The molecule has 0 fully saturated rings. The van der Waals surface area contributed by atoms with Gasteiger partial charge in [0.05, 0.1) is 16.4 Å². The van der Waals surface area contributed by atoms with Crippen LogP contribution in [0.2, 0.25) is 5.02 Å². The third kappa shape index (κ3) is 3.43. The fraction of sp³-hybridized carbons (Fsp3) is 0.267. The highest BCUT2D eigenvalue weighted by Gasteiger charge is 2.17. The summed E-state index contributed by atoms with van der Waals surface area (Å²) in [5, 5.41) is 11.4. The summed E-state index contributed by atoms with van der Waals surface area (Å²) in [5.74, 6) is -0.171. The van der Waals surface area contributed by atoms with E-state index in [1.54, 1.807) is 17.1 Å². The van der Waals surface area contributed by atoms with Gasteiger partial charge in [0.1, 0.15) is 6.54 Å². The van der Waals surface area contributed by atoms with Gasteiger partial charge in [0.2, 0.25) is 0 Å². The molecule has 0 radical (unpaired) electrons. The van der Waals surface area contributed by atoms with E-state index in [1.807, 2.05) is 26.0 Å². The normalized spacial score (nSPS) is 10.8. The second kappa shape index (κ2) is 6.79. The van der Waals surface area contributed by atoms with Crippen molar-refractivity contribution in [1.29, 1.82) is 0 Å². The first-order valence-corrected chi connectivity index (χ1v) is 7.61. The van der Waals surface area contributed by atoms with Crippen molar-refractivity contribution in [3.63, 3.8) is 0 Å². The first kappa shape index (κ1) is 16.1. The molecular formula is C15H15ClN6O2. The number of hydrogen-bond donors (Lipinski definition) is 1. The maximum atomic E-state index is 12.0. The number of aryl methyl sites for hydroxylation is 1. The minimum atomic E-state index is -0.433. The number of rotatable bonds is 5. The minimum Gasteiger partial charge on any atom is -0.344 e. The standard InChI is InChI=1S/C15H15ClN6O2/c1-9-13(16)10(2)22(20-9)8-12-19-15(24-21-12)14(23)18-7-11-3-5-17-6-4-11/h3-6H,7-8H2,1-2H3,(H,18,23). The van der Waals surface area contributed by atoms with Crippen molar-refractivity contribution in [2.24, 2.45) is 0 Å². The molecule has 0 saturated carbocycles. The van der Waals surface area contributed by atoms with Crippen LogP contribution in [-0.2, 0) is 13.1 Å². The Morgan fingerprint density at radius 1 is 1.33 bits per heavy atom. The molecule has 0 atom stereocenters. The van der Waals surface area contributed by atoms with Crippen molar-refractivity contribution in [3.05, 3.63) is 58.2 Å². The van der Waals surface area contributed by atoms with E-state index in [0.717, 1.165) is 17.0 Å². The summed E-state index contributed by atoms with van der Waals surface area (Å²) in [6.07, 6.45) is 3.32. The number of amides is 1. The second-order valence-corrected chi connectivity index (χ2v) is 5.57. The molecule has 1 N–H and O–H groups in total. The van der Waals surface area contributed by atoms with E-state index >= 15 is 0 Å². The van der Waals surface area contributed by atoms with E-state index < -0.39 is 5.91 Å². The molecule has 3 heterocycles. The molecule has 24 heavy (non-hydrogen) atoms. The Morgan fingerprint density at radius 2 is 2.08 bits per heavy atom. The SMILES string of the molecule is Cc1nn(Cc2noc(C(=O)NCc3ccncc3)n2)c(C)c1Cl. The summed E-state index contributed by atoms with van der Waals surface area (Å²) in [6, 6.07) is 3.62. The number of nitrogens with zero attached hydrogens (tertiary/aromatic N) is 5. The zero-order chi connectivity index (χ0) is 17.1. The molecule has 3 aromatic rings. The summed E-state index contributed by atoms with van der Waals surface area (Å²) >= 11 is 6.10. The zero-order valence-corrected chi connectivity index (χ0v) is 13.9. The number of halogens is 1. The quantitative estimate of drug-likeness (QED) is 0.757. The number of nitrogens with one attached hydrogen (secondary N) is 1. The van der Waals surface area contributed by atoms with E-state index in [2.05, 4.69) is 25.5 Å². The molecule has 0 aliphatic rings. The van der Waals surface area contributed by atoms with Gasteiger partial charge in [-0.1, -0.05) is 16.8 Å². The Labute approximate surface area is 142 Å². The highest BCUT2D eigenvalue weighted by Crippen LogP contribution is 2.19.